The summed E-state index contributed by atoms with van der Waals surface area (Å²) in [6.07, 6.45) is 6.86. The van der Waals surface area contributed by atoms with Gasteiger partial charge in [-0.2, -0.15) is 0 Å². The molecule has 4 rings (SSSR count). The van der Waals surface area contributed by atoms with Crippen LogP contribution in [-0.4, -0.2) is 29.9 Å². The summed E-state index contributed by atoms with van der Waals surface area (Å²) in [5.74, 6) is -1.44. The van der Waals surface area contributed by atoms with Gasteiger partial charge in [0.1, 0.15) is 6.04 Å². The number of esters is 1. The molecule has 0 heterocycles. The van der Waals surface area contributed by atoms with Crippen molar-refractivity contribution in [1.82, 2.24) is 10.6 Å². The maximum Gasteiger partial charge on any atom is 0.338 e. The van der Waals surface area contributed by atoms with Gasteiger partial charge in [-0.3, -0.25) is 9.59 Å². The van der Waals surface area contributed by atoms with Gasteiger partial charge in [-0.05, 0) is 42.2 Å². The Balaban J connectivity index is 1.61. The van der Waals surface area contributed by atoms with E-state index >= 15 is 0 Å². The Morgan fingerprint density at radius 2 is 1.38 bits per heavy atom. The highest BCUT2D eigenvalue weighted by molar-refractivity contribution is 5.95. The van der Waals surface area contributed by atoms with Gasteiger partial charge in [0.15, 0.2) is 0 Å². The lowest BCUT2D eigenvalue weighted by molar-refractivity contribution is -0.133. The molecule has 2 N–H and O–H groups in total. The topological polar surface area (TPSA) is 84.5 Å². The van der Waals surface area contributed by atoms with E-state index in [1.165, 1.54) is 6.08 Å². The standard InChI is InChI=1S/C31H32N2O4/c34-27(22-21-23-13-5-1-6-14-23)33-28(24-15-7-2-8-16-24)29(30(35)32-26-19-11-4-12-20-26)37-31(36)25-17-9-3-10-18-25/h1-3,5-10,13-18,21-22,26,28-29H,4,11-12,19-20H2,(H,32,35)(H,33,34)/b22-21+/t28-,29+/m0/s1. The number of ether oxygens (including phenoxy) is 1. The first kappa shape index (κ1) is 25.9. The molecule has 0 aromatic heterocycles. The average molecular weight is 497 g/mol. The zero-order chi connectivity index (χ0) is 25.9. The number of amides is 2. The number of rotatable bonds is 9. The van der Waals surface area contributed by atoms with Crippen LogP contribution in [0.5, 0.6) is 0 Å². The van der Waals surface area contributed by atoms with E-state index in [9.17, 15) is 14.4 Å². The SMILES string of the molecule is O=C(/C=C/c1ccccc1)N[C@@H](c1ccccc1)[C@@H](OC(=O)c1ccccc1)C(=O)NC1CCCCC1. The Kier molecular flexibility index (Phi) is 9.24. The summed E-state index contributed by atoms with van der Waals surface area (Å²) < 4.78 is 5.83. The van der Waals surface area contributed by atoms with E-state index in [4.69, 9.17) is 4.74 Å². The lowest BCUT2D eigenvalue weighted by Crippen LogP contribution is -2.50. The predicted octanol–water partition coefficient (Wildman–Crippen LogP) is 5.23. The number of nitrogens with one attached hydrogen (secondary N) is 2. The predicted molar refractivity (Wildman–Crippen MR) is 143 cm³/mol. The van der Waals surface area contributed by atoms with Crippen molar-refractivity contribution in [3.63, 3.8) is 0 Å². The van der Waals surface area contributed by atoms with Gasteiger partial charge in [-0.15, -0.1) is 0 Å². The molecule has 0 unspecified atom stereocenters. The molecule has 0 spiro atoms. The third-order valence-corrected chi connectivity index (χ3v) is 6.44. The Morgan fingerprint density at radius 3 is 2.03 bits per heavy atom. The van der Waals surface area contributed by atoms with Crippen LogP contribution >= 0.6 is 0 Å². The molecule has 0 saturated heterocycles. The van der Waals surface area contributed by atoms with Gasteiger partial charge in [-0.1, -0.05) is 98.1 Å². The van der Waals surface area contributed by atoms with E-state index in [1.54, 1.807) is 36.4 Å². The van der Waals surface area contributed by atoms with Crippen molar-refractivity contribution in [2.75, 3.05) is 0 Å². The molecule has 190 valence electrons. The maximum atomic E-state index is 13.6. The van der Waals surface area contributed by atoms with E-state index in [2.05, 4.69) is 10.6 Å². The molecule has 2 atom stereocenters. The number of carbonyl (C=O) groups is 3. The molecule has 0 radical (unpaired) electrons. The molecule has 1 fully saturated rings. The smallest absolute Gasteiger partial charge is 0.338 e. The highest BCUT2D eigenvalue weighted by Gasteiger charge is 2.35. The van der Waals surface area contributed by atoms with Gasteiger partial charge in [0.05, 0.1) is 5.56 Å². The van der Waals surface area contributed by atoms with E-state index in [0.29, 0.717) is 11.1 Å². The molecule has 1 aliphatic carbocycles. The molecular formula is C31H32N2O4. The van der Waals surface area contributed by atoms with Crippen LogP contribution in [0, 0.1) is 0 Å². The molecule has 6 nitrogen and oxygen atoms in total. The van der Waals surface area contributed by atoms with Crippen molar-refractivity contribution in [2.45, 2.75) is 50.3 Å². The van der Waals surface area contributed by atoms with Crippen molar-refractivity contribution in [3.05, 3.63) is 114 Å². The zero-order valence-electron chi connectivity index (χ0n) is 20.7. The van der Waals surface area contributed by atoms with Gasteiger partial charge in [0, 0.05) is 12.1 Å². The molecule has 3 aromatic carbocycles. The second-order valence-electron chi connectivity index (χ2n) is 9.18. The molecule has 2 amide bonds. The van der Waals surface area contributed by atoms with Crippen LogP contribution < -0.4 is 10.6 Å². The number of hydrogen-bond donors (Lipinski definition) is 2. The first-order valence-corrected chi connectivity index (χ1v) is 12.7. The normalized spacial score (nSPS) is 15.5. The first-order chi connectivity index (χ1) is 18.1. The largest absolute Gasteiger partial charge is 0.446 e. The molecular weight excluding hydrogens is 464 g/mol. The molecule has 6 heteroatoms. The maximum absolute atomic E-state index is 13.6. The van der Waals surface area contributed by atoms with Crippen LogP contribution in [0.2, 0.25) is 0 Å². The monoisotopic (exact) mass is 496 g/mol. The summed E-state index contributed by atoms with van der Waals surface area (Å²) in [7, 11) is 0. The van der Waals surface area contributed by atoms with Crippen molar-refractivity contribution in [2.24, 2.45) is 0 Å². The van der Waals surface area contributed by atoms with Gasteiger partial charge < -0.3 is 15.4 Å². The average Bonchev–Trinajstić information content (AvgIpc) is 2.95. The van der Waals surface area contributed by atoms with Crippen LogP contribution in [0.15, 0.2) is 97.1 Å². The van der Waals surface area contributed by atoms with Crippen molar-refractivity contribution < 1.29 is 19.1 Å². The van der Waals surface area contributed by atoms with Crippen LogP contribution in [-0.2, 0) is 14.3 Å². The van der Waals surface area contributed by atoms with Crippen LogP contribution in [0.25, 0.3) is 6.08 Å². The minimum absolute atomic E-state index is 0.0179. The number of carbonyl (C=O) groups excluding carboxylic acids is 3. The van der Waals surface area contributed by atoms with Crippen LogP contribution in [0.1, 0.15) is 59.6 Å². The lowest BCUT2D eigenvalue weighted by atomic mass is 9.94. The van der Waals surface area contributed by atoms with Crippen molar-refractivity contribution in [1.29, 1.82) is 0 Å². The van der Waals surface area contributed by atoms with E-state index in [0.717, 1.165) is 37.7 Å². The van der Waals surface area contributed by atoms with Gasteiger partial charge in [0.2, 0.25) is 12.0 Å². The Morgan fingerprint density at radius 1 is 0.784 bits per heavy atom. The molecule has 3 aromatic rings. The molecule has 0 aliphatic heterocycles. The number of benzene rings is 3. The zero-order valence-corrected chi connectivity index (χ0v) is 20.7. The van der Waals surface area contributed by atoms with Gasteiger partial charge in [0.25, 0.3) is 5.91 Å². The fourth-order valence-electron chi connectivity index (χ4n) is 4.49. The molecule has 37 heavy (non-hydrogen) atoms. The highest BCUT2D eigenvalue weighted by Crippen LogP contribution is 2.23. The number of hydrogen-bond acceptors (Lipinski definition) is 4. The lowest BCUT2D eigenvalue weighted by Gasteiger charge is -2.30. The first-order valence-electron chi connectivity index (χ1n) is 12.7. The Labute approximate surface area is 217 Å². The van der Waals surface area contributed by atoms with Gasteiger partial charge in [-0.25, -0.2) is 4.79 Å². The summed E-state index contributed by atoms with van der Waals surface area (Å²) in [5.41, 5.74) is 1.87. The highest BCUT2D eigenvalue weighted by atomic mass is 16.5. The molecule has 1 saturated carbocycles. The summed E-state index contributed by atoms with van der Waals surface area (Å²) in [4.78, 5) is 39.7. The Hall–Kier alpha value is -4.19. The van der Waals surface area contributed by atoms with E-state index in [-0.39, 0.29) is 6.04 Å². The second kappa shape index (κ2) is 13.2. The van der Waals surface area contributed by atoms with E-state index in [1.807, 2.05) is 60.7 Å². The van der Waals surface area contributed by atoms with Crippen molar-refractivity contribution >= 4 is 23.9 Å². The summed E-state index contributed by atoms with van der Waals surface area (Å²) in [5, 5.41) is 5.99. The summed E-state index contributed by atoms with van der Waals surface area (Å²) >= 11 is 0. The summed E-state index contributed by atoms with van der Waals surface area (Å²) in [6.45, 7) is 0. The van der Waals surface area contributed by atoms with E-state index < -0.39 is 29.9 Å². The Bertz CT molecular complexity index is 1190. The van der Waals surface area contributed by atoms with Crippen LogP contribution in [0.3, 0.4) is 0 Å². The second-order valence-corrected chi connectivity index (χ2v) is 9.18. The van der Waals surface area contributed by atoms with Crippen molar-refractivity contribution in [3.8, 4) is 0 Å². The minimum atomic E-state index is -1.26. The summed E-state index contributed by atoms with van der Waals surface area (Å²) in [6, 6.07) is 26.2. The minimum Gasteiger partial charge on any atom is -0.446 e. The molecule has 1 aliphatic rings. The third-order valence-electron chi connectivity index (χ3n) is 6.44. The van der Waals surface area contributed by atoms with Gasteiger partial charge >= 0.3 is 5.97 Å². The third kappa shape index (κ3) is 7.64. The fraction of sp³-hybridized carbons (Fsp3) is 0.258. The fourth-order valence-corrected chi connectivity index (χ4v) is 4.49. The quantitative estimate of drug-likeness (QED) is 0.314. The van der Waals surface area contributed by atoms with Crippen LogP contribution in [0.4, 0.5) is 0 Å². The molecule has 0 bridgehead atoms.